The molecule has 1 saturated carbocycles. The lowest BCUT2D eigenvalue weighted by Gasteiger charge is -2.42. The first-order valence-electron chi connectivity index (χ1n) is 6.12. The van der Waals surface area contributed by atoms with E-state index >= 15 is 0 Å². The van der Waals surface area contributed by atoms with Gasteiger partial charge in [-0.1, -0.05) is 35.7 Å². The van der Waals surface area contributed by atoms with Gasteiger partial charge in [-0.15, -0.1) is 0 Å². The van der Waals surface area contributed by atoms with E-state index in [1.807, 2.05) is 12.1 Å². The van der Waals surface area contributed by atoms with Gasteiger partial charge in [0.15, 0.2) is 0 Å². The summed E-state index contributed by atoms with van der Waals surface area (Å²) in [5, 5.41) is 2.23. The van der Waals surface area contributed by atoms with Crippen LogP contribution in [0.3, 0.4) is 0 Å². The molecule has 1 heterocycles. The number of rotatable bonds is 2. The Morgan fingerprint density at radius 3 is 2.56 bits per heavy atom. The molecule has 0 unspecified atom stereocenters. The van der Waals surface area contributed by atoms with Crippen LogP contribution in [0.15, 0.2) is 24.3 Å². The van der Waals surface area contributed by atoms with Crippen LogP contribution in [0.1, 0.15) is 24.8 Å². The smallest absolute Gasteiger partial charge is 0.129 e. The first-order chi connectivity index (χ1) is 8.66. The average molecular weight is 281 g/mol. The lowest BCUT2D eigenvalue weighted by Crippen LogP contribution is -2.41. The van der Waals surface area contributed by atoms with Crippen molar-refractivity contribution in [2.45, 2.75) is 24.7 Å². The van der Waals surface area contributed by atoms with Crippen molar-refractivity contribution >= 4 is 34.1 Å². The maximum atomic E-state index is 6.53. The predicted octanol–water partition coefficient (Wildman–Crippen LogP) is 3.92. The fourth-order valence-electron chi connectivity index (χ4n) is 2.74. The van der Waals surface area contributed by atoms with Crippen molar-refractivity contribution in [3.05, 3.63) is 40.0 Å². The zero-order valence-electron chi connectivity index (χ0n) is 9.92. The largest absolute Gasteiger partial charge is 0.330 e. The molecular weight excluding hydrogens is 267 g/mol. The monoisotopic (exact) mass is 280 g/mol. The third-order valence-corrected chi connectivity index (χ3v) is 4.66. The minimum atomic E-state index is 0.0743. The highest BCUT2D eigenvalue weighted by atomic mass is 35.5. The molecule has 94 valence electrons. The van der Waals surface area contributed by atoms with Crippen LogP contribution >= 0.6 is 23.2 Å². The second kappa shape index (κ2) is 4.37. The molecule has 2 aromatic rings. The highest BCUT2D eigenvalue weighted by Crippen LogP contribution is 2.46. The molecule has 0 aliphatic heterocycles. The van der Waals surface area contributed by atoms with E-state index in [0.29, 0.717) is 11.7 Å². The zero-order valence-corrected chi connectivity index (χ0v) is 11.4. The summed E-state index contributed by atoms with van der Waals surface area (Å²) in [5.74, 6) is 0. The van der Waals surface area contributed by atoms with Crippen molar-refractivity contribution in [2.24, 2.45) is 5.73 Å². The van der Waals surface area contributed by atoms with Gasteiger partial charge in [-0.05, 0) is 36.6 Å². The SMILES string of the molecule is NCC1(c2ccc3nc(Cl)ccc3c2Cl)CCC1. The van der Waals surface area contributed by atoms with Crippen molar-refractivity contribution < 1.29 is 0 Å². The predicted molar refractivity (Wildman–Crippen MR) is 76.3 cm³/mol. The number of fused-ring (bicyclic) bond motifs is 1. The van der Waals surface area contributed by atoms with Crippen molar-refractivity contribution in [2.75, 3.05) is 6.54 Å². The fourth-order valence-corrected chi connectivity index (χ4v) is 3.32. The van der Waals surface area contributed by atoms with E-state index in [-0.39, 0.29) is 5.41 Å². The summed E-state index contributed by atoms with van der Waals surface area (Å²) in [7, 11) is 0. The summed E-state index contributed by atoms with van der Waals surface area (Å²) in [5.41, 5.74) is 8.01. The summed E-state index contributed by atoms with van der Waals surface area (Å²) in [4.78, 5) is 4.28. The van der Waals surface area contributed by atoms with Crippen LogP contribution in [0.5, 0.6) is 0 Å². The molecule has 18 heavy (non-hydrogen) atoms. The summed E-state index contributed by atoms with van der Waals surface area (Å²) in [6, 6.07) is 7.74. The third kappa shape index (κ3) is 1.71. The van der Waals surface area contributed by atoms with E-state index < -0.39 is 0 Å². The third-order valence-electron chi connectivity index (χ3n) is 4.04. The van der Waals surface area contributed by atoms with Crippen LogP contribution < -0.4 is 5.73 Å². The van der Waals surface area contributed by atoms with E-state index in [1.165, 1.54) is 6.42 Å². The second-order valence-corrected chi connectivity index (χ2v) is 5.73. The van der Waals surface area contributed by atoms with E-state index in [1.54, 1.807) is 6.07 Å². The maximum absolute atomic E-state index is 6.53. The standard InChI is InChI=1S/C14H14Cl2N2/c15-12-5-2-9-11(18-12)4-3-10(13(9)16)14(8-17)6-1-7-14/h2-5H,1,6-8,17H2. The molecule has 0 spiro atoms. The summed E-state index contributed by atoms with van der Waals surface area (Å²) in [6.45, 7) is 0.652. The van der Waals surface area contributed by atoms with Crippen molar-refractivity contribution in [3.63, 3.8) is 0 Å². The first-order valence-corrected chi connectivity index (χ1v) is 6.87. The van der Waals surface area contributed by atoms with E-state index in [2.05, 4.69) is 11.1 Å². The minimum absolute atomic E-state index is 0.0743. The molecule has 0 amide bonds. The molecule has 1 aromatic carbocycles. The fraction of sp³-hybridized carbons (Fsp3) is 0.357. The van der Waals surface area contributed by atoms with Gasteiger partial charge < -0.3 is 5.73 Å². The number of aromatic nitrogens is 1. The van der Waals surface area contributed by atoms with Crippen molar-refractivity contribution in [1.29, 1.82) is 0 Å². The average Bonchev–Trinajstić information content (AvgIpc) is 2.31. The molecule has 1 fully saturated rings. The van der Waals surface area contributed by atoms with Gasteiger partial charge in [0.2, 0.25) is 0 Å². The Kier molecular flexibility index (Phi) is 2.97. The molecule has 0 bridgehead atoms. The minimum Gasteiger partial charge on any atom is -0.330 e. The van der Waals surface area contributed by atoms with E-state index in [0.717, 1.165) is 34.3 Å². The topological polar surface area (TPSA) is 38.9 Å². The van der Waals surface area contributed by atoms with Gasteiger partial charge in [-0.25, -0.2) is 4.98 Å². The van der Waals surface area contributed by atoms with Crippen LogP contribution in [0.2, 0.25) is 10.2 Å². The molecule has 2 nitrogen and oxygen atoms in total. The molecule has 1 aromatic heterocycles. The van der Waals surface area contributed by atoms with Crippen LogP contribution in [0, 0.1) is 0 Å². The Morgan fingerprint density at radius 2 is 1.94 bits per heavy atom. The quantitative estimate of drug-likeness (QED) is 0.847. The molecule has 0 radical (unpaired) electrons. The van der Waals surface area contributed by atoms with Gasteiger partial charge in [-0.3, -0.25) is 0 Å². The molecule has 0 saturated heterocycles. The lowest BCUT2D eigenvalue weighted by atomic mass is 9.64. The second-order valence-electron chi connectivity index (χ2n) is 4.97. The molecule has 0 atom stereocenters. The summed E-state index contributed by atoms with van der Waals surface area (Å²) >= 11 is 12.4. The van der Waals surface area contributed by atoms with E-state index in [9.17, 15) is 0 Å². The Bertz CT molecular complexity index is 601. The normalized spacial score (nSPS) is 17.7. The van der Waals surface area contributed by atoms with Gasteiger partial charge >= 0.3 is 0 Å². The summed E-state index contributed by atoms with van der Waals surface area (Å²) < 4.78 is 0. The number of nitrogens with zero attached hydrogens (tertiary/aromatic N) is 1. The van der Waals surface area contributed by atoms with Gasteiger partial charge in [0.1, 0.15) is 5.15 Å². The van der Waals surface area contributed by atoms with E-state index in [4.69, 9.17) is 28.9 Å². The highest BCUT2D eigenvalue weighted by Gasteiger charge is 2.39. The Morgan fingerprint density at radius 1 is 1.17 bits per heavy atom. The highest BCUT2D eigenvalue weighted by molar-refractivity contribution is 6.36. The van der Waals surface area contributed by atoms with Gasteiger partial charge in [0.25, 0.3) is 0 Å². The summed E-state index contributed by atoms with van der Waals surface area (Å²) in [6.07, 6.45) is 3.47. The molecule has 2 N–H and O–H groups in total. The molecule has 1 aliphatic carbocycles. The van der Waals surface area contributed by atoms with Crippen molar-refractivity contribution in [1.82, 2.24) is 4.98 Å². The lowest BCUT2D eigenvalue weighted by molar-refractivity contribution is 0.253. The number of hydrogen-bond acceptors (Lipinski definition) is 2. The molecular formula is C14H14Cl2N2. The molecule has 4 heteroatoms. The zero-order chi connectivity index (χ0) is 12.8. The number of pyridine rings is 1. The van der Waals surface area contributed by atoms with Gasteiger partial charge in [0.05, 0.1) is 10.5 Å². The van der Waals surface area contributed by atoms with Crippen molar-refractivity contribution in [3.8, 4) is 0 Å². The maximum Gasteiger partial charge on any atom is 0.129 e. The molecule has 3 rings (SSSR count). The molecule has 1 aliphatic rings. The number of benzene rings is 1. The van der Waals surface area contributed by atoms with Crippen LogP contribution in [0.4, 0.5) is 0 Å². The van der Waals surface area contributed by atoms with Crippen LogP contribution in [0.25, 0.3) is 10.9 Å². The van der Waals surface area contributed by atoms with Gasteiger partial charge in [-0.2, -0.15) is 0 Å². The number of hydrogen-bond donors (Lipinski definition) is 1. The Labute approximate surface area is 116 Å². The first kappa shape index (κ1) is 12.2. The Hall–Kier alpha value is -0.830. The number of halogens is 2. The van der Waals surface area contributed by atoms with Gasteiger partial charge in [0, 0.05) is 17.3 Å². The van der Waals surface area contributed by atoms with Crippen LogP contribution in [-0.2, 0) is 5.41 Å². The Balaban J connectivity index is 2.20. The number of nitrogens with two attached hydrogens (primary N) is 1. The van der Waals surface area contributed by atoms with Crippen LogP contribution in [-0.4, -0.2) is 11.5 Å².